The summed E-state index contributed by atoms with van der Waals surface area (Å²) in [4.78, 5) is 16.8. The first-order valence-corrected chi connectivity index (χ1v) is 12.5. The lowest BCUT2D eigenvalue weighted by molar-refractivity contribution is -0.192. The Bertz CT molecular complexity index is 1190. The van der Waals surface area contributed by atoms with Gasteiger partial charge in [-0.2, -0.15) is 18.4 Å². The third kappa shape index (κ3) is 8.00. The molecule has 0 aliphatic carbocycles. The number of ether oxygens (including phenoxy) is 1. The highest BCUT2D eigenvalue weighted by atomic mass is 35.5. The van der Waals surface area contributed by atoms with E-state index in [2.05, 4.69) is 57.7 Å². The molecule has 212 valence electrons. The Morgan fingerprint density at radius 2 is 1.85 bits per heavy atom. The van der Waals surface area contributed by atoms with Gasteiger partial charge in [0.15, 0.2) is 5.82 Å². The molecule has 3 aromatic rings. The van der Waals surface area contributed by atoms with E-state index in [0.717, 1.165) is 49.9 Å². The van der Waals surface area contributed by atoms with E-state index in [1.165, 1.54) is 5.56 Å². The van der Waals surface area contributed by atoms with Gasteiger partial charge in [0.05, 0.1) is 12.7 Å². The number of tetrazole rings is 1. The second-order valence-corrected chi connectivity index (χ2v) is 9.66. The molecule has 0 unspecified atom stereocenters. The standard InChI is InChI=1S/C20H27ClN10O.C2HF3O2/c21-14-3-1-13(2-4-14)9-16-12-32-17(10-18-24-28-29-25-18)11-31(16)15-5-7-30(8-6-15)20-23-19(22)26-27-20;3-2(4,5)1(6)7/h1-4,15-17H,5-12H2,(H3,22,23,26,27)(H,24,25,28,29);(H,6,7)/t16-,17-;/m0./s1. The van der Waals surface area contributed by atoms with E-state index in [9.17, 15) is 13.2 Å². The predicted molar refractivity (Wildman–Crippen MR) is 133 cm³/mol. The van der Waals surface area contributed by atoms with Crippen molar-refractivity contribution in [3.63, 3.8) is 0 Å². The Hall–Kier alpha value is -3.50. The maximum atomic E-state index is 10.6. The Kier molecular flexibility index (Phi) is 9.19. The van der Waals surface area contributed by atoms with E-state index in [4.69, 9.17) is 32.0 Å². The molecular formula is C22H28ClF3N10O3. The average molecular weight is 573 g/mol. The summed E-state index contributed by atoms with van der Waals surface area (Å²) in [5.74, 6) is -0.977. The molecule has 17 heteroatoms. The summed E-state index contributed by atoms with van der Waals surface area (Å²) < 4.78 is 38.0. The summed E-state index contributed by atoms with van der Waals surface area (Å²) in [7, 11) is 0. The smallest absolute Gasteiger partial charge is 0.475 e. The number of halogens is 4. The van der Waals surface area contributed by atoms with Crippen molar-refractivity contribution in [1.82, 2.24) is 40.7 Å². The summed E-state index contributed by atoms with van der Waals surface area (Å²) in [6.07, 6.45) is -1.40. The normalized spacial score (nSPS) is 20.9. The summed E-state index contributed by atoms with van der Waals surface area (Å²) in [6, 6.07) is 8.86. The van der Waals surface area contributed by atoms with Crippen LogP contribution in [0.15, 0.2) is 24.3 Å². The molecule has 2 aromatic heterocycles. The van der Waals surface area contributed by atoms with E-state index in [-0.39, 0.29) is 6.10 Å². The molecule has 0 saturated carbocycles. The number of alkyl halides is 3. The van der Waals surface area contributed by atoms with E-state index in [0.29, 0.717) is 36.9 Å². The van der Waals surface area contributed by atoms with Crippen LogP contribution in [0.4, 0.5) is 25.1 Å². The van der Waals surface area contributed by atoms with Crippen molar-refractivity contribution >= 4 is 29.5 Å². The lowest BCUT2D eigenvalue weighted by Crippen LogP contribution is -2.57. The number of rotatable bonds is 6. The number of nitrogens with zero attached hydrogens (tertiary/aromatic N) is 7. The minimum atomic E-state index is -5.08. The highest BCUT2D eigenvalue weighted by molar-refractivity contribution is 6.30. The van der Waals surface area contributed by atoms with Crippen molar-refractivity contribution in [3.05, 3.63) is 40.7 Å². The number of H-pyrrole nitrogens is 2. The number of carboxylic acid groups (broad SMARTS) is 1. The van der Waals surface area contributed by atoms with Gasteiger partial charge in [-0.15, -0.1) is 20.4 Å². The number of aromatic nitrogens is 7. The summed E-state index contributed by atoms with van der Waals surface area (Å²) >= 11 is 6.08. The fourth-order valence-corrected chi connectivity index (χ4v) is 4.84. The Balaban J connectivity index is 0.000000448. The lowest BCUT2D eigenvalue weighted by Gasteiger charge is -2.46. The van der Waals surface area contributed by atoms with Crippen LogP contribution >= 0.6 is 11.6 Å². The van der Waals surface area contributed by atoms with Gasteiger partial charge in [0.25, 0.3) is 0 Å². The summed E-state index contributed by atoms with van der Waals surface area (Å²) in [5.41, 5.74) is 6.96. The van der Waals surface area contributed by atoms with E-state index in [1.54, 1.807) is 0 Å². The van der Waals surface area contributed by atoms with Gasteiger partial charge in [0.2, 0.25) is 11.9 Å². The monoisotopic (exact) mass is 572 g/mol. The van der Waals surface area contributed by atoms with Gasteiger partial charge in [-0.25, -0.2) is 4.79 Å². The molecule has 2 saturated heterocycles. The molecule has 2 aliphatic rings. The van der Waals surface area contributed by atoms with Gasteiger partial charge in [-0.05, 0) is 37.0 Å². The number of carboxylic acids is 1. The van der Waals surface area contributed by atoms with Crippen LogP contribution in [0.1, 0.15) is 24.2 Å². The van der Waals surface area contributed by atoms with Crippen molar-refractivity contribution in [1.29, 1.82) is 0 Å². The van der Waals surface area contributed by atoms with Crippen LogP contribution in [-0.4, -0.2) is 102 Å². The molecular weight excluding hydrogens is 545 g/mol. The summed E-state index contributed by atoms with van der Waals surface area (Å²) in [6.45, 7) is 3.32. The molecule has 0 spiro atoms. The first-order valence-electron chi connectivity index (χ1n) is 12.2. The molecule has 39 heavy (non-hydrogen) atoms. The lowest BCUT2D eigenvalue weighted by atomic mass is 9.96. The highest BCUT2D eigenvalue weighted by Gasteiger charge is 2.38. The third-order valence-corrected chi connectivity index (χ3v) is 6.81. The van der Waals surface area contributed by atoms with Gasteiger partial charge in [0, 0.05) is 43.2 Å². The number of carbonyl (C=O) groups is 1. The number of anilines is 2. The number of piperidine rings is 1. The molecule has 5 N–H and O–H groups in total. The van der Waals surface area contributed by atoms with Crippen molar-refractivity contribution in [2.45, 2.75) is 50.0 Å². The fraction of sp³-hybridized carbons (Fsp3) is 0.545. The molecule has 1 aromatic carbocycles. The van der Waals surface area contributed by atoms with Crippen molar-refractivity contribution in [2.75, 3.05) is 36.9 Å². The SMILES string of the molecule is Nc1nnc(N2CCC(N3C[C@H](Cc4nn[nH]n4)OC[C@@H]3Cc3ccc(Cl)cc3)CC2)[nH]1.O=C(O)C(F)(F)F. The van der Waals surface area contributed by atoms with Gasteiger partial charge in [-0.1, -0.05) is 28.9 Å². The largest absolute Gasteiger partial charge is 0.490 e. The highest BCUT2D eigenvalue weighted by Crippen LogP contribution is 2.27. The number of aliphatic carboxylic acids is 1. The average Bonchev–Trinajstić information content (AvgIpc) is 3.58. The van der Waals surface area contributed by atoms with Crippen LogP contribution in [0.5, 0.6) is 0 Å². The molecule has 2 atom stereocenters. The molecule has 2 aliphatic heterocycles. The molecule has 0 radical (unpaired) electrons. The first kappa shape index (κ1) is 28.5. The number of aromatic amines is 2. The molecule has 0 bridgehead atoms. The zero-order valence-electron chi connectivity index (χ0n) is 20.7. The van der Waals surface area contributed by atoms with Crippen molar-refractivity contribution < 1.29 is 27.8 Å². The second kappa shape index (κ2) is 12.6. The first-order chi connectivity index (χ1) is 18.6. The minimum Gasteiger partial charge on any atom is -0.475 e. The van der Waals surface area contributed by atoms with E-state index >= 15 is 0 Å². The Labute approximate surface area is 225 Å². The molecule has 0 amide bonds. The zero-order valence-corrected chi connectivity index (χ0v) is 21.4. The molecule has 5 rings (SSSR count). The molecule has 2 fully saturated rings. The predicted octanol–water partition coefficient (Wildman–Crippen LogP) is 1.71. The maximum Gasteiger partial charge on any atom is 0.490 e. The van der Waals surface area contributed by atoms with Crippen LogP contribution in [0.3, 0.4) is 0 Å². The maximum absolute atomic E-state index is 10.6. The Morgan fingerprint density at radius 1 is 1.15 bits per heavy atom. The van der Waals surface area contributed by atoms with Gasteiger partial charge >= 0.3 is 12.1 Å². The van der Waals surface area contributed by atoms with Crippen molar-refractivity contribution in [2.24, 2.45) is 0 Å². The zero-order chi connectivity index (χ0) is 28.0. The van der Waals surface area contributed by atoms with E-state index < -0.39 is 12.1 Å². The van der Waals surface area contributed by atoms with Gasteiger partial charge in [-0.3, -0.25) is 9.88 Å². The summed E-state index contributed by atoms with van der Waals surface area (Å²) in [5, 5.41) is 30.3. The molecule has 4 heterocycles. The van der Waals surface area contributed by atoms with Crippen molar-refractivity contribution in [3.8, 4) is 0 Å². The van der Waals surface area contributed by atoms with Crippen LogP contribution in [0, 0.1) is 0 Å². The number of hydrogen-bond acceptors (Lipinski definition) is 10. The van der Waals surface area contributed by atoms with Crippen LogP contribution in [0.2, 0.25) is 5.02 Å². The topological polar surface area (TPSA) is 175 Å². The third-order valence-electron chi connectivity index (χ3n) is 6.56. The van der Waals surface area contributed by atoms with Crippen LogP contribution < -0.4 is 10.6 Å². The minimum absolute atomic E-state index is 0.0427. The van der Waals surface area contributed by atoms with Gasteiger partial charge in [0.1, 0.15) is 0 Å². The van der Waals surface area contributed by atoms with Crippen LogP contribution in [0.25, 0.3) is 0 Å². The fourth-order valence-electron chi connectivity index (χ4n) is 4.71. The number of nitrogen functional groups attached to an aromatic ring is 1. The Morgan fingerprint density at radius 3 is 2.41 bits per heavy atom. The van der Waals surface area contributed by atoms with Crippen LogP contribution in [-0.2, 0) is 22.4 Å². The number of benzene rings is 1. The van der Waals surface area contributed by atoms with Gasteiger partial charge < -0.3 is 20.5 Å². The quantitative estimate of drug-likeness (QED) is 0.338. The molecule has 13 nitrogen and oxygen atoms in total. The second-order valence-electron chi connectivity index (χ2n) is 9.22. The van der Waals surface area contributed by atoms with E-state index in [1.807, 2.05) is 12.1 Å². The number of morpholine rings is 1. The number of hydrogen-bond donors (Lipinski definition) is 4. The number of nitrogens with one attached hydrogen (secondary N) is 2. The number of nitrogens with two attached hydrogens (primary N) is 1.